The average Bonchev–Trinajstić information content (AvgIpc) is 3.12. The normalized spacial score (nSPS) is 19.5. The van der Waals surface area contributed by atoms with Crippen molar-refractivity contribution in [2.75, 3.05) is 38.5 Å². The van der Waals surface area contributed by atoms with Crippen LogP contribution in [0.25, 0.3) is 10.9 Å². The largest absolute Gasteiger partial charge is 0.367 e. The molecule has 2 aromatic rings. The number of rotatable bonds is 5. The molecule has 0 unspecified atom stereocenters. The number of nitrogens with zero attached hydrogens (tertiary/aromatic N) is 4. The summed E-state index contributed by atoms with van der Waals surface area (Å²) in [6.45, 7) is 3.57. The molecule has 1 aliphatic carbocycles. The van der Waals surface area contributed by atoms with Gasteiger partial charge in [0.15, 0.2) is 0 Å². The summed E-state index contributed by atoms with van der Waals surface area (Å²) in [4.78, 5) is 21.4. The number of anilines is 1. The van der Waals surface area contributed by atoms with Crippen LogP contribution in [-0.4, -0.2) is 70.2 Å². The van der Waals surface area contributed by atoms with E-state index in [0.29, 0.717) is 18.9 Å². The van der Waals surface area contributed by atoms with Gasteiger partial charge in [-0.15, -0.1) is 0 Å². The highest BCUT2D eigenvalue weighted by Crippen LogP contribution is 2.27. The first-order valence-corrected chi connectivity index (χ1v) is 10.3. The topological polar surface area (TPSA) is 77.2 Å². The quantitative estimate of drug-likeness (QED) is 0.845. The second-order valence-electron chi connectivity index (χ2n) is 7.92. The molecule has 1 aliphatic heterocycles. The molecule has 0 spiro atoms. The predicted octanol–water partition coefficient (Wildman–Crippen LogP) is 2.41. The van der Waals surface area contributed by atoms with Gasteiger partial charge < -0.3 is 15.1 Å². The van der Waals surface area contributed by atoms with E-state index in [1.54, 1.807) is 0 Å². The molecule has 0 radical (unpaired) electrons. The fraction of sp³-hybridized carbons (Fsp3) is 0.650. The Morgan fingerprint density at radius 3 is 2.78 bits per heavy atom. The summed E-state index contributed by atoms with van der Waals surface area (Å²) in [5.41, 5.74) is 1.93. The number of nitrogens with one attached hydrogen (secondary N) is 2. The maximum absolute atomic E-state index is 12.6. The SMILES string of the molecule is CN1CCN(C(=O)CCc2[nH]nc3ccnc(NC4CCCCC4)c23)CC1. The van der Waals surface area contributed by atoms with E-state index in [4.69, 9.17) is 0 Å². The van der Waals surface area contributed by atoms with E-state index in [1.807, 2.05) is 17.2 Å². The number of H-pyrrole nitrogens is 1. The zero-order chi connectivity index (χ0) is 18.6. The van der Waals surface area contributed by atoms with Crippen LogP contribution < -0.4 is 5.32 Å². The molecule has 1 saturated heterocycles. The third kappa shape index (κ3) is 4.24. The lowest BCUT2D eigenvalue weighted by atomic mass is 9.95. The van der Waals surface area contributed by atoms with Gasteiger partial charge in [0.25, 0.3) is 0 Å². The van der Waals surface area contributed by atoms with E-state index in [-0.39, 0.29) is 5.91 Å². The van der Waals surface area contributed by atoms with Gasteiger partial charge in [0, 0.05) is 50.5 Å². The predicted molar refractivity (Wildman–Crippen MR) is 107 cm³/mol. The van der Waals surface area contributed by atoms with Gasteiger partial charge in [-0.05, 0) is 32.4 Å². The first-order chi connectivity index (χ1) is 13.2. The highest BCUT2D eigenvalue weighted by Gasteiger charge is 2.21. The van der Waals surface area contributed by atoms with E-state index < -0.39 is 0 Å². The zero-order valence-corrected chi connectivity index (χ0v) is 16.2. The summed E-state index contributed by atoms with van der Waals surface area (Å²) >= 11 is 0. The first kappa shape index (κ1) is 18.2. The van der Waals surface area contributed by atoms with Gasteiger partial charge in [-0.1, -0.05) is 19.3 Å². The van der Waals surface area contributed by atoms with Gasteiger partial charge in [0.2, 0.25) is 5.91 Å². The van der Waals surface area contributed by atoms with E-state index in [0.717, 1.165) is 48.6 Å². The number of piperazine rings is 1. The van der Waals surface area contributed by atoms with Crippen molar-refractivity contribution in [2.45, 2.75) is 51.0 Å². The number of aromatic amines is 1. The Morgan fingerprint density at radius 1 is 1.22 bits per heavy atom. The molecule has 2 aliphatic rings. The molecule has 7 heteroatoms. The summed E-state index contributed by atoms with van der Waals surface area (Å²) in [7, 11) is 2.10. The minimum absolute atomic E-state index is 0.233. The molecule has 1 amide bonds. The Kier molecular flexibility index (Phi) is 5.57. The van der Waals surface area contributed by atoms with Gasteiger partial charge in [-0.25, -0.2) is 4.98 Å². The van der Waals surface area contributed by atoms with Crippen LogP contribution in [0.3, 0.4) is 0 Å². The Morgan fingerprint density at radius 2 is 2.00 bits per heavy atom. The number of carbonyl (C=O) groups is 1. The zero-order valence-electron chi connectivity index (χ0n) is 16.2. The molecule has 7 nitrogen and oxygen atoms in total. The average molecular weight is 371 g/mol. The van der Waals surface area contributed by atoms with E-state index >= 15 is 0 Å². The second-order valence-corrected chi connectivity index (χ2v) is 7.92. The fourth-order valence-corrected chi connectivity index (χ4v) is 4.20. The molecule has 2 aromatic heterocycles. The second kappa shape index (κ2) is 8.25. The maximum Gasteiger partial charge on any atom is 0.223 e. The van der Waals surface area contributed by atoms with Gasteiger partial charge in [0.1, 0.15) is 5.82 Å². The van der Waals surface area contributed by atoms with Gasteiger partial charge in [-0.2, -0.15) is 5.10 Å². The molecule has 2 fully saturated rings. The third-order valence-corrected chi connectivity index (χ3v) is 5.93. The monoisotopic (exact) mass is 370 g/mol. The van der Waals surface area contributed by atoms with Crippen LogP contribution in [0.15, 0.2) is 12.3 Å². The minimum atomic E-state index is 0.233. The van der Waals surface area contributed by atoms with Crippen molar-refractivity contribution in [3.8, 4) is 0 Å². The summed E-state index contributed by atoms with van der Waals surface area (Å²) < 4.78 is 0. The van der Waals surface area contributed by atoms with Crippen LogP contribution in [0, 0.1) is 0 Å². The summed E-state index contributed by atoms with van der Waals surface area (Å²) in [6.07, 6.45) is 9.30. The number of aromatic nitrogens is 3. The fourth-order valence-electron chi connectivity index (χ4n) is 4.20. The number of aryl methyl sites for hydroxylation is 1. The molecule has 146 valence electrons. The highest BCUT2D eigenvalue weighted by atomic mass is 16.2. The van der Waals surface area contributed by atoms with Crippen molar-refractivity contribution < 1.29 is 4.79 Å². The third-order valence-electron chi connectivity index (χ3n) is 5.93. The molecule has 0 bridgehead atoms. The van der Waals surface area contributed by atoms with E-state index in [1.165, 1.54) is 32.1 Å². The molecular weight excluding hydrogens is 340 g/mol. The van der Waals surface area contributed by atoms with Gasteiger partial charge in [-0.3, -0.25) is 9.89 Å². The van der Waals surface area contributed by atoms with Crippen LogP contribution in [0.2, 0.25) is 0 Å². The number of hydrogen-bond acceptors (Lipinski definition) is 5. The molecule has 3 heterocycles. The van der Waals surface area contributed by atoms with Gasteiger partial charge >= 0.3 is 0 Å². The van der Waals surface area contributed by atoms with Crippen molar-refractivity contribution >= 4 is 22.6 Å². The lowest BCUT2D eigenvalue weighted by molar-refractivity contribution is -0.132. The van der Waals surface area contributed by atoms with E-state index in [9.17, 15) is 4.79 Å². The molecule has 0 atom stereocenters. The molecule has 1 saturated carbocycles. The number of amides is 1. The number of fused-ring (bicyclic) bond motifs is 1. The first-order valence-electron chi connectivity index (χ1n) is 10.3. The summed E-state index contributed by atoms with van der Waals surface area (Å²) in [5.74, 6) is 1.15. The van der Waals surface area contributed by atoms with Crippen LogP contribution in [0.1, 0.15) is 44.2 Å². The molecule has 27 heavy (non-hydrogen) atoms. The number of carbonyl (C=O) groups excluding carboxylic acids is 1. The summed E-state index contributed by atoms with van der Waals surface area (Å²) in [6, 6.07) is 2.43. The Bertz CT molecular complexity index is 774. The Balaban J connectivity index is 1.44. The minimum Gasteiger partial charge on any atom is -0.367 e. The van der Waals surface area contributed by atoms with Crippen LogP contribution in [-0.2, 0) is 11.2 Å². The molecule has 4 rings (SSSR count). The van der Waals surface area contributed by atoms with Crippen LogP contribution in [0.4, 0.5) is 5.82 Å². The molecule has 2 N–H and O–H groups in total. The Labute approximate surface area is 160 Å². The van der Waals surface area contributed by atoms with Crippen molar-refractivity contribution in [1.82, 2.24) is 25.0 Å². The summed E-state index contributed by atoms with van der Waals surface area (Å²) in [5, 5.41) is 12.3. The smallest absolute Gasteiger partial charge is 0.223 e. The van der Waals surface area contributed by atoms with Crippen molar-refractivity contribution in [1.29, 1.82) is 0 Å². The van der Waals surface area contributed by atoms with E-state index in [2.05, 4.69) is 32.4 Å². The lowest BCUT2D eigenvalue weighted by Crippen LogP contribution is -2.47. The number of hydrogen-bond donors (Lipinski definition) is 2. The van der Waals surface area contributed by atoms with Crippen molar-refractivity contribution in [3.63, 3.8) is 0 Å². The molecule has 0 aromatic carbocycles. The Hall–Kier alpha value is -2.15. The maximum atomic E-state index is 12.6. The van der Waals surface area contributed by atoms with Crippen LogP contribution in [0.5, 0.6) is 0 Å². The van der Waals surface area contributed by atoms with Crippen LogP contribution >= 0.6 is 0 Å². The standard InChI is InChI=1S/C20H30N6O/c1-25-11-13-26(14-12-25)18(27)8-7-16-19-17(24-23-16)9-10-21-20(19)22-15-5-3-2-4-6-15/h9-10,15H,2-8,11-14H2,1H3,(H,21,22)(H,23,24). The number of likely N-dealkylation sites (N-methyl/N-ethyl adjacent to an activating group) is 1. The highest BCUT2D eigenvalue weighted by molar-refractivity contribution is 5.92. The van der Waals surface area contributed by atoms with Gasteiger partial charge in [0.05, 0.1) is 10.9 Å². The van der Waals surface area contributed by atoms with Crippen molar-refractivity contribution in [3.05, 3.63) is 18.0 Å². The lowest BCUT2D eigenvalue weighted by Gasteiger charge is -2.32. The number of pyridine rings is 1. The van der Waals surface area contributed by atoms with Crippen molar-refractivity contribution in [2.24, 2.45) is 0 Å². The molecular formula is C20H30N6O.